The summed E-state index contributed by atoms with van der Waals surface area (Å²) >= 11 is 12.2. The lowest BCUT2D eigenvalue weighted by molar-refractivity contribution is -0.192. The second kappa shape index (κ2) is 13.7. The van der Waals surface area contributed by atoms with Crippen LogP contribution < -0.4 is 15.5 Å². The minimum Gasteiger partial charge on any atom is -0.475 e. The van der Waals surface area contributed by atoms with E-state index in [-0.39, 0.29) is 5.91 Å². The molecule has 1 amide bonds. The number of hydrogen-bond donors (Lipinski definition) is 3. The predicted octanol–water partition coefficient (Wildman–Crippen LogP) is 6.01. The van der Waals surface area contributed by atoms with Crippen molar-refractivity contribution in [3.8, 4) is 11.4 Å². The van der Waals surface area contributed by atoms with E-state index >= 15 is 0 Å². The standard InChI is InChI=1S/C27H24Cl2N6O.C2HF3O2/c1-30-26-32-24(17-5-3-2-4-6-17)33-27(34-26)35-12-11-18-13-19(7-8-21(18)16-35)25(36)31-15-20-9-10-22(28)14-23(20)29;3-2(4,5)1(6)7/h2-10,13-14H,11-12,15-16H2,1H3,(H,31,36)(H,30,32,33,34);(H,6,7). The summed E-state index contributed by atoms with van der Waals surface area (Å²) < 4.78 is 31.7. The first kappa shape index (κ1) is 31.5. The first-order chi connectivity index (χ1) is 20.4. The maximum atomic E-state index is 12.8. The highest BCUT2D eigenvalue weighted by Crippen LogP contribution is 2.26. The zero-order valence-corrected chi connectivity index (χ0v) is 24.1. The highest BCUT2D eigenvalue weighted by molar-refractivity contribution is 6.35. The number of aliphatic carboxylic acids is 1. The topological polar surface area (TPSA) is 120 Å². The van der Waals surface area contributed by atoms with Gasteiger partial charge in [0.05, 0.1) is 0 Å². The molecule has 2 heterocycles. The molecule has 0 atom stereocenters. The van der Waals surface area contributed by atoms with Gasteiger partial charge in [-0.05, 0) is 47.4 Å². The lowest BCUT2D eigenvalue weighted by Gasteiger charge is -2.29. The van der Waals surface area contributed by atoms with Gasteiger partial charge < -0.3 is 20.6 Å². The van der Waals surface area contributed by atoms with Crippen molar-refractivity contribution < 1.29 is 27.9 Å². The van der Waals surface area contributed by atoms with Crippen LogP contribution in [0.2, 0.25) is 10.0 Å². The van der Waals surface area contributed by atoms with Crippen molar-refractivity contribution in [1.29, 1.82) is 0 Å². The Labute approximate surface area is 254 Å². The van der Waals surface area contributed by atoms with E-state index in [0.717, 1.165) is 35.2 Å². The molecule has 0 aliphatic carbocycles. The van der Waals surface area contributed by atoms with Gasteiger partial charge >= 0.3 is 12.1 Å². The largest absolute Gasteiger partial charge is 0.490 e. The van der Waals surface area contributed by atoms with E-state index in [4.69, 9.17) is 38.1 Å². The van der Waals surface area contributed by atoms with Gasteiger partial charge in [-0.1, -0.05) is 65.7 Å². The molecule has 5 rings (SSSR count). The number of halogens is 5. The molecule has 1 aliphatic rings. The summed E-state index contributed by atoms with van der Waals surface area (Å²) in [5, 5.41) is 14.2. The number of nitrogens with one attached hydrogen (secondary N) is 2. The van der Waals surface area contributed by atoms with Crippen LogP contribution in [0.4, 0.5) is 25.1 Å². The Bertz CT molecular complexity index is 1620. The van der Waals surface area contributed by atoms with E-state index in [9.17, 15) is 18.0 Å². The van der Waals surface area contributed by atoms with E-state index < -0.39 is 12.1 Å². The molecule has 1 aromatic heterocycles. The van der Waals surface area contributed by atoms with Crippen molar-refractivity contribution in [2.45, 2.75) is 25.7 Å². The van der Waals surface area contributed by atoms with Gasteiger partial charge in [0.1, 0.15) is 0 Å². The Balaban J connectivity index is 0.000000541. The van der Waals surface area contributed by atoms with Gasteiger partial charge in [-0.3, -0.25) is 4.79 Å². The molecule has 43 heavy (non-hydrogen) atoms. The molecule has 9 nitrogen and oxygen atoms in total. The number of rotatable bonds is 6. The van der Waals surface area contributed by atoms with Crippen molar-refractivity contribution >= 4 is 47.0 Å². The summed E-state index contributed by atoms with van der Waals surface area (Å²) in [6.45, 7) is 1.72. The monoisotopic (exact) mass is 632 g/mol. The molecule has 0 bridgehead atoms. The second-order valence-corrected chi connectivity index (χ2v) is 10.1. The molecule has 3 aromatic carbocycles. The third kappa shape index (κ3) is 8.33. The quantitative estimate of drug-likeness (QED) is 0.236. The normalized spacial score (nSPS) is 12.5. The van der Waals surface area contributed by atoms with Crippen molar-refractivity contribution in [3.63, 3.8) is 0 Å². The Morgan fingerprint density at radius 3 is 2.35 bits per heavy atom. The Morgan fingerprint density at radius 1 is 0.977 bits per heavy atom. The molecule has 0 saturated carbocycles. The molecule has 224 valence electrons. The fraction of sp³-hybridized carbons (Fsp3) is 0.207. The molecular weight excluding hydrogens is 608 g/mol. The van der Waals surface area contributed by atoms with Crippen LogP contribution >= 0.6 is 23.2 Å². The first-order valence-corrected chi connectivity index (χ1v) is 13.6. The van der Waals surface area contributed by atoms with Crippen LogP contribution in [0.1, 0.15) is 27.0 Å². The van der Waals surface area contributed by atoms with Crippen LogP contribution in [0.15, 0.2) is 66.7 Å². The minimum atomic E-state index is -5.08. The molecule has 3 N–H and O–H groups in total. The van der Waals surface area contributed by atoms with Crippen LogP contribution in [0, 0.1) is 0 Å². The van der Waals surface area contributed by atoms with Gasteiger partial charge in [-0.25, -0.2) is 4.79 Å². The van der Waals surface area contributed by atoms with E-state index in [0.29, 0.717) is 46.4 Å². The number of hydrogen-bond acceptors (Lipinski definition) is 7. The van der Waals surface area contributed by atoms with Crippen molar-refractivity contribution in [1.82, 2.24) is 20.3 Å². The Kier molecular flexibility index (Phi) is 10.0. The molecule has 0 spiro atoms. The average Bonchev–Trinajstić information content (AvgIpc) is 3.00. The summed E-state index contributed by atoms with van der Waals surface area (Å²) in [5.41, 5.74) is 4.67. The number of carbonyl (C=O) groups is 2. The number of alkyl halides is 3. The number of carboxylic acids is 1. The number of carbonyl (C=O) groups excluding carboxylic acids is 1. The summed E-state index contributed by atoms with van der Waals surface area (Å²) in [6, 6.07) is 20.9. The number of aromatic nitrogens is 3. The van der Waals surface area contributed by atoms with Crippen LogP contribution in [0.25, 0.3) is 11.4 Å². The molecule has 4 aromatic rings. The molecular formula is C29H25Cl2F3N6O3. The lowest BCUT2D eigenvalue weighted by atomic mass is 9.97. The van der Waals surface area contributed by atoms with E-state index in [2.05, 4.69) is 25.5 Å². The third-order valence-corrected chi connectivity index (χ3v) is 6.93. The fourth-order valence-corrected chi connectivity index (χ4v) is 4.62. The summed E-state index contributed by atoms with van der Waals surface area (Å²) in [7, 11) is 1.80. The number of anilines is 2. The number of carboxylic acid groups (broad SMARTS) is 1. The van der Waals surface area contributed by atoms with Gasteiger partial charge in [-0.15, -0.1) is 0 Å². The van der Waals surface area contributed by atoms with Gasteiger partial charge in [0, 0.05) is 47.9 Å². The Morgan fingerprint density at radius 2 is 1.70 bits per heavy atom. The molecule has 0 fully saturated rings. The minimum absolute atomic E-state index is 0.144. The van der Waals surface area contributed by atoms with Gasteiger partial charge in [0.15, 0.2) is 5.82 Å². The van der Waals surface area contributed by atoms with E-state index in [1.54, 1.807) is 19.2 Å². The van der Waals surface area contributed by atoms with Crippen LogP contribution in [-0.4, -0.2) is 51.7 Å². The second-order valence-electron chi connectivity index (χ2n) is 9.28. The van der Waals surface area contributed by atoms with Crippen molar-refractivity contribution in [2.75, 3.05) is 23.8 Å². The smallest absolute Gasteiger partial charge is 0.475 e. The highest BCUT2D eigenvalue weighted by Gasteiger charge is 2.38. The van der Waals surface area contributed by atoms with Crippen LogP contribution in [0.3, 0.4) is 0 Å². The number of fused-ring (bicyclic) bond motifs is 1. The van der Waals surface area contributed by atoms with Crippen LogP contribution in [0.5, 0.6) is 0 Å². The Hall–Kier alpha value is -4.42. The third-order valence-electron chi connectivity index (χ3n) is 6.34. The van der Waals surface area contributed by atoms with Crippen molar-refractivity contribution in [3.05, 3.63) is 99.0 Å². The fourth-order valence-electron chi connectivity index (χ4n) is 4.14. The SMILES string of the molecule is CNc1nc(-c2ccccc2)nc(N2CCc3cc(C(=O)NCc4ccc(Cl)cc4Cl)ccc3C2)n1.O=C(O)C(F)(F)F. The van der Waals surface area contributed by atoms with E-state index in [1.165, 1.54) is 0 Å². The molecule has 0 unspecified atom stereocenters. The van der Waals surface area contributed by atoms with Crippen LogP contribution in [-0.2, 0) is 24.3 Å². The lowest BCUT2D eigenvalue weighted by Crippen LogP contribution is -2.32. The predicted molar refractivity (Wildman–Crippen MR) is 157 cm³/mol. The summed E-state index contributed by atoms with van der Waals surface area (Å²) in [5.74, 6) is -1.12. The summed E-state index contributed by atoms with van der Waals surface area (Å²) in [4.78, 5) is 37.7. The maximum Gasteiger partial charge on any atom is 0.490 e. The molecule has 0 saturated heterocycles. The van der Waals surface area contributed by atoms with Gasteiger partial charge in [-0.2, -0.15) is 28.1 Å². The van der Waals surface area contributed by atoms with Crippen molar-refractivity contribution in [2.24, 2.45) is 0 Å². The average molecular weight is 633 g/mol. The highest BCUT2D eigenvalue weighted by atomic mass is 35.5. The van der Waals surface area contributed by atoms with Gasteiger partial charge in [0.25, 0.3) is 5.91 Å². The van der Waals surface area contributed by atoms with Gasteiger partial charge in [0.2, 0.25) is 11.9 Å². The summed E-state index contributed by atoms with van der Waals surface area (Å²) in [6.07, 6.45) is -4.30. The molecule has 1 aliphatic heterocycles. The molecule has 0 radical (unpaired) electrons. The number of benzene rings is 3. The first-order valence-electron chi connectivity index (χ1n) is 12.8. The number of amides is 1. The molecule has 14 heteroatoms. The zero-order valence-electron chi connectivity index (χ0n) is 22.6. The maximum absolute atomic E-state index is 12.8. The zero-order chi connectivity index (χ0) is 31.1. The van der Waals surface area contributed by atoms with E-state index in [1.807, 2.05) is 54.6 Å². The number of nitrogens with zero attached hydrogens (tertiary/aromatic N) is 4.